The van der Waals surface area contributed by atoms with Gasteiger partial charge < -0.3 is 15.4 Å². The van der Waals surface area contributed by atoms with Crippen molar-refractivity contribution in [2.45, 2.75) is 44.7 Å². The van der Waals surface area contributed by atoms with Crippen LogP contribution in [0.15, 0.2) is 42.6 Å². The lowest BCUT2D eigenvalue weighted by Crippen LogP contribution is -2.25. The smallest absolute Gasteiger partial charge is 0.270 e. The molecule has 1 amide bonds. The lowest BCUT2D eigenvalue weighted by molar-refractivity contribution is 0.0945. The van der Waals surface area contributed by atoms with Crippen molar-refractivity contribution in [3.8, 4) is 5.75 Å². The van der Waals surface area contributed by atoms with Gasteiger partial charge in [-0.1, -0.05) is 37.5 Å². The number of benzene rings is 1. The number of hydrogen-bond donors (Lipinski definition) is 2. The fraction of sp³-hybridized carbons (Fsp3) is 0.400. The summed E-state index contributed by atoms with van der Waals surface area (Å²) < 4.78 is 5.30. The van der Waals surface area contributed by atoms with Gasteiger partial charge in [0.1, 0.15) is 11.4 Å². The highest BCUT2D eigenvalue weighted by atomic mass is 16.5. The predicted molar refractivity (Wildman–Crippen MR) is 98.9 cm³/mol. The fourth-order valence-electron chi connectivity index (χ4n) is 3.21. The van der Waals surface area contributed by atoms with Crippen LogP contribution in [0.2, 0.25) is 0 Å². The Hall–Kier alpha value is -2.56. The summed E-state index contributed by atoms with van der Waals surface area (Å²) in [5.41, 5.74) is 2.34. The molecule has 1 aliphatic carbocycles. The molecule has 1 aromatic heterocycles. The first-order valence-electron chi connectivity index (χ1n) is 8.89. The van der Waals surface area contributed by atoms with Crippen LogP contribution in [0.1, 0.15) is 48.2 Å². The summed E-state index contributed by atoms with van der Waals surface area (Å²) in [5.74, 6) is 0.581. The highest BCUT2D eigenvalue weighted by Crippen LogP contribution is 2.21. The average molecular weight is 339 g/mol. The number of ether oxygens (including phenoxy) is 1. The number of carbonyl (C=O) groups is 1. The fourth-order valence-corrected chi connectivity index (χ4v) is 3.21. The van der Waals surface area contributed by atoms with Crippen molar-refractivity contribution in [2.75, 3.05) is 12.4 Å². The third kappa shape index (κ3) is 4.72. The topological polar surface area (TPSA) is 63.2 Å². The molecule has 5 heteroatoms. The standard InChI is InChI=1S/C20H25N3O2/c1-25-19-10-6-5-7-15(19)13-22-20(24)18-12-11-17(14-21-18)23-16-8-3-2-4-9-16/h5-7,10-12,14,16,23H,2-4,8-9,13H2,1H3,(H,22,24). The van der Waals surface area contributed by atoms with Crippen molar-refractivity contribution >= 4 is 11.6 Å². The van der Waals surface area contributed by atoms with Crippen LogP contribution < -0.4 is 15.4 Å². The van der Waals surface area contributed by atoms with Crippen LogP contribution >= 0.6 is 0 Å². The number of carbonyl (C=O) groups excluding carboxylic acids is 1. The molecule has 0 radical (unpaired) electrons. The van der Waals surface area contributed by atoms with Crippen LogP contribution in [0.25, 0.3) is 0 Å². The largest absolute Gasteiger partial charge is 0.496 e. The summed E-state index contributed by atoms with van der Waals surface area (Å²) >= 11 is 0. The average Bonchev–Trinajstić information content (AvgIpc) is 2.67. The molecule has 0 atom stereocenters. The maximum Gasteiger partial charge on any atom is 0.270 e. The van der Waals surface area contributed by atoms with E-state index in [1.165, 1.54) is 32.1 Å². The number of rotatable bonds is 6. The highest BCUT2D eigenvalue weighted by molar-refractivity contribution is 5.92. The van der Waals surface area contributed by atoms with E-state index in [1.54, 1.807) is 19.4 Å². The lowest BCUT2D eigenvalue weighted by Gasteiger charge is -2.23. The quantitative estimate of drug-likeness (QED) is 0.841. The van der Waals surface area contributed by atoms with Crippen LogP contribution in [0, 0.1) is 0 Å². The molecule has 1 heterocycles. The molecular formula is C20H25N3O2. The summed E-state index contributed by atoms with van der Waals surface area (Å²) in [6.07, 6.45) is 8.07. The van der Waals surface area contributed by atoms with Crippen LogP contribution in [-0.2, 0) is 6.54 Å². The Labute approximate surface area is 148 Å². The Balaban J connectivity index is 1.55. The minimum absolute atomic E-state index is 0.185. The van der Waals surface area contributed by atoms with Gasteiger partial charge in [-0.05, 0) is 31.0 Å². The Morgan fingerprint density at radius 2 is 1.96 bits per heavy atom. The molecule has 0 spiro atoms. The molecule has 0 bridgehead atoms. The van der Waals surface area contributed by atoms with E-state index < -0.39 is 0 Å². The number of pyridine rings is 1. The van der Waals surface area contributed by atoms with Crippen LogP contribution in [-0.4, -0.2) is 24.0 Å². The van der Waals surface area contributed by atoms with Crippen LogP contribution in [0.3, 0.4) is 0 Å². The van der Waals surface area contributed by atoms with E-state index in [4.69, 9.17) is 4.74 Å². The molecular weight excluding hydrogens is 314 g/mol. The molecule has 0 saturated heterocycles. The molecule has 5 nitrogen and oxygen atoms in total. The first-order valence-corrected chi connectivity index (χ1v) is 8.89. The number of methoxy groups -OCH3 is 1. The van der Waals surface area contributed by atoms with Gasteiger partial charge in [-0.15, -0.1) is 0 Å². The van der Waals surface area contributed by atoms with E-state index in [1.807, 2.05) is 30.3 Å². The Kier molecular flexibility index (Phi) is 5.88. The molecule has 1 saturated carbocycles. The molecule has 2 N–H and O–H groups in total. The predicted octanol–water partition coefficient (Wildman–Crippen LogP) is 3.76. The second kappa shape index (κ2) is 8.51. The summed E-state index contributed by atoms with van der Waals surface area (Å²) in [5, 5.41) is 6.40. The minimum atomic E-state index is -0.185. The second-order valence-electron chi connectivity index (χ2n) is 6.41. The molecule has 1 aliphatic rings. The van der Waals surface area contributed by atoms with E-state index in [2.05, 4.69) is 15.6 Å². The zero-order valence-corrected chi connectivity index (χ0v) is 14.6. The Morgan fingerprint density at radius 1 is 1.16 bits per heavy atom. The minimum Gasteiger partial charge on any atom is -0.496 e. The van der Waals surface area contributed by atoms with Gasteiger partial charge in [-0.25, -0.2) is 4.98 Å². The molecule has 1 aromatic carbocycles. The first kappa shape index (κ1) is 17.3. The summed E-state index contributed by atoms with van der Waals surface area (Å²) in [7, 11) is 1.63. The van der Waals surface area contributed by atoms with Crippen molar-refractivity contribution in [1.82, 2.24) is 10.3 Å². The van der Waals surface area contributed by atoms with Gasteiger partial charge in [-0.3, -0.25) is 4.79 Å². The zero-order chi connectivity index (χ0) is 17.5. The molecule has 1 fully saturated rings. The van der Waals surface area contributed by atoms with Gasteiger partial charge in [0.25, 0.3) is 5.91 Å². The molecule has 25 heavy (non-hydrogen) atoms. The van der Waals surface area contributed by atoms with Crippen molar-refractivity contribution in [1.29, 1.82) is 0 Å². The third-order valence-electron chi connectivity index (χ3n) is 4.60. The van der Waals surface area contributed by atoms with Gasteiger partial charge in [0.2, 0.25) is 0 Å². The monoisotopic (exact) mass is 339 g/mol. The van der Waals surface area contributed by atoms with Crippen LogP contribution in [0.5, 0.6) is 5.75 Å². The Morgan fingerprint density at radius 3 is 2.68 bits per heavy atom. The van der Waals surface area contributed by atoms with Crippen molar-refractivity contribution < 1.29 is 9.53 Å². The molecule has 2 aromatic rings. The zero-order valence-electron chi connectivity index (χ0n) is 14.6. The van der Waals surface area contributed by atoms with Gasteiger partial charge in [-0.2, -0.15) is 0 Å². The molecule has 0 unspecified atom stereocenters. The van der Waals surface area contributed by atoms with E-state index in [-0.39, 0.29) is 5.91 Å². The maximum absolute atomic E-state index is 12.3. The van der Waals surface area contributed by atoms with E-state index in [0.717, 1.165) is 17.0 Å². The number of nitrogens with zero attached hydrogens (tertiary/aromatic N) is 1. The van der Waals surface area contributed by atoms with Crippen LogP contribution in [0.4, 0.5) is 5.69 Å². The summed E-state index contributed by atoms with van der Waals surface area (Å²) in [6.45, 7) is 0.409. The summed E-state index contributed by atoms with van der Waals surface area (Å²) in [6, 6.07) is 11.9. The first-order chi connectivity index (χ1) is 12.3. The van der Waals surface area contributed by atoms with Crippen molar-refractivity contribution in [3.63, 3.8) is 0 Å². The number of para-hydroxylation sites is 1. The number of amides is 1. The van der Waals surface area contributed by atoms with Gasteiger partial charge in [0.15, 0.2) is 0 Å². The number of hydrogen-bond acceptors (Lipinski definition) is 4. The summed E-state index contributed by atoms with van der Waals surface area (Å²) in [4.78, 5) is 16.6. The van der Waals surface area contributed by atoms with E-state index in [9.17, 15) is 4.79 Å². The van der Waals surface area contributed by atoms with Gasteiger partial charge >= 0.3 is 0 Å². The molecule has 0 aliphatic heterocycles. The molecule has 132 valence electrons. The number of nitrogens with one attached hydrogen (secondary N) is 2. The van der Waals surface area contributed by atoms with Gasteiger partial charge in [0, 0.05) is 18.2 Å². The highest BCUT2D eigenvalue weighted by Gasteiger charge is 2.14. The number of aromatic nitrogens is 1. The van der Waals surface area contributed by atoms with E-state index in [0.29, 0.717) is 18.3 Å². The third-order valence-corrected chi connectivity index (χ3v) is 4.60. The molecule has 3 rings (SSSR count). The lowest BCUT2D eigenvalue weighted by atomic mass is 9.95. The number of anilines is 1. The Bertz CT molecular complexity index is 694. The van der Waals surface area contributed by atoms with Crippen molar-refractivity contribution in [2.24, 2.45) is 0 Å². The normalized spacial score (nSPS) is 14.8. The maximum atomic E-state index is 12.3. The van der Waals surface area contributed by atoms with Gasteiger partial charge in [0.05, 0.1) is 19.0 Å². The van der Waals surface area contributed by atoms with E-state index >= 15 is 0 Å². The second-order valence-corrected chi connectivity index (χ2v) is 6.41. The SMILES string of the molecule is COc1ccccc1CNC(=O)c1ccc(NC2CCCCC2)cn1. The van der Waals surface area contributed by atoms with Crippen molar-refractivity contribution in [3.05, 3.63) is 53.9 Å².